The second-order valence-electron chi connectivity index (χ2n) is 5.54. The number of amides is 1. The molecular weight excluding hydrogens is 312 g/mol. The molecule has 5 heteroatoms. The molecule has 2 N–H and O–H groups in total. The van der Waals surface area contributed by atoms with E-state index in [-0.39, 0.29) is 11.9 Å². The van der Waals surface area contributed by atoms with E-state index < -0.39 is 0 Å². The van der Waals surface area contributed by atoms with Crippen LogP contribution in [0.25, 0.3) is 0 Å². The Bertz CT molecular complexity index is 684. The second kappa shape index (κ2) is 7.49. The van der Waals surface area contributed by atoms with Gasteiger partial charge in [-0.25, -0.2) is 0 Å². The molecule has 0 spiro atoms. The number of rotatable bonds is 5. The smallest absolute Gasteiger partial charge is 0.255 e. The fourth-order valence-corrected chi connectivity index (χ4v) is 2.78. The van der Waals surface area contributed by atoms with Gasteiger partial charge >= 0.3 is 0 Å². The Labute approximate surface area is 140 Å². The largest absolute Gasteiger partial charge is 0.488 e. The van der Waals surface area contributed by atoms with Gasteiger partial charge in [0.2, 0.25) is 0 Å². The van der Waals surface area contributed by atoms with Gasteiger partial charge in [-0.05, 0) is 31.2 Å². The van der Waals surface area contributed by atoms with Crippen LogP contribution in [0.5, 0.6) is 5.75 Å². The summed E-state index contributed by atoms with van der Waals surface area (Å²) in [4.78, 5) is 12.5. The fraction of sp³-hybridized carbons (Fsp3) is 0.278. The average molecular weight is 331 g/mol. The minimum atomic E-state index is -0.103. The van der Waals surface area contributed by atoms with E-state index in [2.05, 4.69) is 10.6 Å². The molecule has 1 fully saturated rings. The number of hydrogen-bond donors (Lipinski definition) is 2. The highest BCUT2D eigenvalue weighted by Crippen LogP contribution is 2.22. The number of carbonyl (C=O) groups is 1. The first-order chi connectivity index (χ1) is 11.2. The predicted octanol–water partition coefficient (Wildman–Crippen LogP) is 3.01. The zero-order chi connectivity index (χ0) is 16.1. The van der Waals surface area contributed by atoms with Crippen LogP contribution >= 0.6 is 11.6 Å². The molecule has 1 atom stereocenters. The maximum atomic E-state index is 12.5. The molecular formula is C18H19ClN2O2. The van der Waals surface area contributed by atoms with Crippen LogP contribution < -0.4 is 15.4 Å². The van der Waals surface area contributed by atoms with E-state index in [4.69, 9.17) is 16.3 Å². The summed E-state index contributed by atoms with van der Waals surface area (Å²) in [6, 6.07) is 15.0. The Morgan fingerprint density at radius 3 is 2.78 bits per heavy atom. The zero-order valence-corrected chi connectivity index (χ0v) is 13.5. The lowest BCUT2D eigenvalue weighted by atomic mass is 10.1. The lowest BCUT2D eigenvalue weighted by molar-refractivity contribution is 0.0935. The lowest BCUT2D eigenvalue weighted by Gasteiger charge is -2.15. The number of nitrogens with one attached hydrogen (secondary N) is 2. The van der Waals surface area contributed by atoms with Gasteiger partial charge in [0.1, 0.15) is 12.4 Å². The molecule has 3 rings (SSSR count). The van der Waals surface area contributed by atoms with Gasteiger partial charge in [0, 0.05) is 23.2 Å². The lowest BCUT2D eigenvalue weighted by Crippen LogP contribution is -2.36. The van der Waals surface area contributed by atoms with Crippen molar-refractivity contribution in [2.24, 2.45) is 0 Å². The summed E-state index contributed by atoms with van der Waals surface area (Å²) in [6.07, 6.45) is 0.953. The maximum Gasteiger partial charge on any atom is 0.255 e. The number of hydrogen-bond acceptors (Lipinski definition) is 3. The molecule has 1 heterocycles. The first-order valence-corrected chi connectivity index (χ1v) is 8.08. The minimum Gasteiger partial charge on any atom is -0.488 e. The molecule has 1 aliphatic heterocycles. The fourth-order valence-electron chi connectivity index (χ4n) is 2.59. The molecule has 1 unspecified atom stereocenters. The highest BCUT2D eigenvalue weighted by Gasteiger charge is 2.19. The molecule has 0 aromatic heterocycles. The van der Waals surface area contributed by atoms with Gasteiger partial charge < -0.3 is 15.4 Å². The molecule has 2 aromatic rings. The van der Waals surface area contributed by atoms with Gasteiger partial charge in [0.15, 0.2) is 0 Å². The van der Waals surface area contributed by atoms with Crippen molar-refractivity contribution in [3.8, 4) is 5.75 Å². The van der Waals surface area contributed by atoms with Crippen molar-refractivity contribution in [1.29, 1.82) is 0 Å². The maximum absolute atomic E-state index is 12.5. The standard InChI is InChI=1S/C18H19ClN2O2/c19-16-7-3-1-5-13(16)12-23-17-8-4-2-6-15(17)18(22)21-14-9-10-20-11-14/h1-8,14,20H,9-12H2,(H,21,22). The van der Waals surface area contributed by atoms with E-state index in [1.54, 1.807) is 12.1 Å². The van der Waals surface area contributed by atoms with Crippen molar-refractivity contribution < 1.29 is 9.53 Å². The molecule has 120 valence electrons. The summed E-state index contributed by atoms with van der Waals surface area (Å²) in [5, 5.41) is 6.93. The van der Waals surface area contributed by atoms with E-state index >= 15 is 0 Å². The monoisotopic (exact) mass is 330 g/mol. The van der Waals surface area contributed by atoms with Gasteiger partial charge in [-0.2, -0.15) is 0 Å². The Balaban J connectivity index is 1.70. The van der Waals surface area contributed by atoms with Crippen LogP contribution in [-0.2, 0) is 6.61 Å². The van der Waals surface area contributed by atoms with Crippen molar-refractivity contribution in [2.45, 2.75) is 19.1 Å². The van der Waals surface area contributed by atoms with E-state index in [0.29, 0.717) is 22.9 Å². The van der Waals surface area contributed by atoms with Crippen molar-refractivity contribution in [2.75, 3.05) is 13.1 Å². The third-order valence-electron chi connectivity index (χ3n) is 3.87. The van der Waals surface area contributed by atoms with Crippen LogP contribution in [-0.4, -0.2) is 25.0 Å². The summed E-state index contributed by atoms with van der Waals surface area (Å²) < 4.78 is 5.83. The van der Waals surface area contributed by atoms with Crippen molar-refractivity contribution in [3.05, 3.63) is 64.7 Å². The van der Waals surface area contributed by atoms with Gasteiger partial charge in [-0.3, -0.25) is 4.79 Å². The van der Waals surface area contributed by atoms with Crippen LogP contribution in [0.4, 0.5) is 0 Å². The quantitative estimate of drug-likeness (QED) is 0.886. The topological polar surface area (TPSA) is 50.4 Å². The third kappa shape index (κ3) is 4.03. The molecule has 2 aromatic carbocycles. The number of carbonyl (C=O) groups excluding carboxylic acids is 1. The van der Waals surface area contributed by atoms with Crippen molar-refractivity contribution >= 4 is 17.5 Å². The summed E-state index contributed by atoms with van der Waals surface area (Å²) in [5.74, 6) is 0.462. The van der Waals surface area contributed by atoms with E-state index in [1.807, 2.05) is 36.4 Å². The van der Waals surface area contributed by atoms with E-state index in [0.717, 1.165) is 25.1 Å². The number of ether oxygens (including phenoxy) is 1. The molecule has 0 saturated carbocycles. The zero-order valence-electron chi connectivity index (χ0n) is 12.7. The summed E-state index contributed by atoms with van der Waals surface area (Å²) >= 11 is 6.14. The second-order valence-corrected chi connectivity index (χ2v) is 5.95. The Morgan fingerprint density at radius 1 is 1.22 bits per heavy atom. The number of halogens is 1. The Hall–Kier alpha value is -2.04. The number of benzene rings is 2. The van der Waals surface area contributed by atoms with Crippen molar-refractivity contribution in [3.63, 3.8) is 0 Å². The predicted molar refractivity (Wildman–Crippen MR) is 91.0 cm³/mol. The summed E-state index contributed by atoms with van der Waals surface area (Å²) in [7, 11) is 0. The normalized spacial score (nSPS) is 17.0. The van der Waals surface area contributed by atoms with E-state index in [9.17, 15) is 4.79 Å². The molecule has 1 aliphatic rings. The van der Waals surface area contributed by atoms with E-state index in [1.165, 1.54) is 0 Å². The van der Waals surface area contributed by atoms with Crippen LogP contribution in [0.2, 0.25) is 5.02 Å². The molecule has 1 amide bonds. The average Bonchev–Trinajstić information content (AvgIpc) is 3.07. The SMILES string of the molecule is O=C(NC1CCNC1)c1ccccc1OCc1ccccc1Cl. The Morgan fingerprint density at radius 2 is 2.00 bits per heavy atom. The van der Waals surface area contributed by atoms with Gasteiger partial charge in [0.05, 0.1) is 5.56 Å². The summed E-state index contributed by atoms with van der Waals surface area (Å²) in [6.45, 7) is 2.08. The summed E-state index contributed by atoms with van der Waals surface area (Å²) in [5.41, 5.74) is 1.44. The molecule has 0 aliphatic carbocycles. The van der Waals surface area contributed by atoms with Crippen LogP contribution in [0.15, 0.2) is 48.5 Å². The molecule has 23 heavy (non-hydrogen) atoms. The molecule has 0 radical (unpaired) electrons. The number of para-hydroxylation sites is 1. The molecule has 1 saturated heterocycles. The van der Waals surface area contributed by atoms with Gasteiger partial charge in [-0.15, -0.1) is 0 Å². The van der Waals surface area contributed by atoms with Crippen LogP contribution in [0.1, 0.15) is 22.3 Å². The first-order valence-electron chi connectivity index (χ1n) is 7.71. The highest BCUT2D eigenvalue weighted by molar-refractivity contribution is 6.31. The Kier molecular flexibility index (Phi) is 5.16. The third-order valence-corrected chi connectivity index (χ3v) is 4.24. The van der Waals surface area contributed by atoms with Crippen LogP contribution in [0, 0.1) is 0 Å². The first kappa shape index (κ1) is 15.8. The van der Waals surface area contributed by atoms with Gasteiger partial charge in [0.25, 0.3) is 5.91 Å². The molecule has 4 nitrogen and oxygen atoms in total. The molecule has 0 bridgehead atoms. The van der Waals surface area contributed by atoms with Crippen molar-refractivity contribution in [1.82, 2.24) is 10.6 Å². The minimum absolute atomic E-state index is 0.103. The highest BCUT2D eigenvalue weighted by atomic mass is 35.5. The van der Waals surface area contributed by atoms with Gasteiger partial charge in [-0.1, -0.05) is 41.9 Å². The van der Waals surface area contributed by atoms with Crippen LogP contribution in [0.3, 0.4) is 0 Å².